The highest BCUT2D eigenvalue weighted by Gasteiger charge is 2.04. The minimum atomic E-state index is 0.376. The molecule has 1 aromatic heterocycles. The first-order valence-electron chi connectivity index (χ1n) is 6.63. The van der Waals surface area contributed by atoms with Gasteiger partial charge in [0.05, 0.1) is 26.5 Å². The molecule has 1 N–H and O–H groups in total. The summed E-state index contributed by atoms with van der Waals surface area (Å²) in [5.41, 5.74) is 1.95. The Morgan fingerprint density at radius 2 is 1.80 bits per heavy atom. The van der Waals surface area contributed by atoms with Gasteiger partial charge >= 0.3 is 0 Å². The summed E-state index contributed by atoms with van der Waals surface area (Å²) in [7, 11) is 3.28. The van der Waals surface area contributed by atoms with Crippen LogP contribution in [-0.2, 0) is 6.54 Å². The van der Waals surface area contributed by atoms with Gasteiger partial charge in [-0.1, -0.05) is 0 Å². The Balaban J connectivity index is 2.05. The van der Waals surface area contributed by atoms with Crippen molar-refractivity contribution in [3.05, 3.63) is 36.2 Å². The predicted molar refractivity (Wildman–Crippen MR) is 79.5 cm³/mol. The first-order chi connectivity index (χ1) is 9.62. The Kier molecular flexibility index (Phi) is 4.50. The van der Waals surface area contributed by atoms with E-state index in [-0.39, 0.29) is 0 Å². The molecule has 2 aromatic rings. The Hall–Kier alpha value is -2.17. The lowest BCUT2D eigenvalue weighted by molar-refractivity contribution is 0.394. The maximum absolute atomic E-state index is 5.25. The fraction of sp³-hybridized carbons (Fsp3) is 0.400. The standard InChI is InChI=1S/C15H21N3O2/c1-11(2)18-6-5-12(17-18)10-16-13-7-14(19-3)9-15(8-13)20-4/h5-9,11,16H,10H2,1-4H3. The van der Waals surface area contributed by atoms with Crippen molar-refractivity contribution in [3.8, 4) is 11.5 Å². The Morgan fingerprint density at radius 3 is 2.30 bits per heavy atom. The second-order valence-electron chi connectivity index (χ2n) is 4.84. The third-order valence-corrected chi connectivity index (χ3v) is 3.02. The lowest BCUT2D eigenvalue weighted by Gasteiger charge is -2.10. The van der Waals surface area contributed by atoms with E-state index in [4.69, 9.17) is 9.47 Å². The fourth-order valence-electron chi connectivity index (χ4n) is 1.86. The normalized spacial score (nSPS) is 10.7. The van der Waals surface area contributed by atoms with Crippen molar-refractivity contribution in [3.63, 3.8) is 0 Å². The smallest absolute Gasteiger partial charge is 0.124 e. The minimum absolute atomic E-state index is 0.376. The zero-order valence-electron chi connectivity index (χ0n) is 12.4. The van der Waals surface area contributed by atoms with E-state index in [1.165, 1.54) is 0 Å². The quantitative estimate of drug-likeness (QED) is 0.880. The molecule has 0 aliphatic heterocycles. The number of nitrogens with zero attached hydrogens (tertiary/aromatic N) is 2. The molecule has 5 heteroatoms. The molecule has 0 aliphatic rings. The van der Waals surface area contributed by atoms with Crippen LogP contribution in [0.15, 0.2) is 30.5 Å². The van der Waals surface area contributed by atoms with E-state index in [1.54, 1.807) is 14.2 Å². The molecule has 0 spiro atoms. The summed E-state index contributed by atoms with van der Waals surface area (Å²) in [4.78, 5) is 0. The lowest BCUT2D eigenvalue weighted by atomic mass is 10.2. The summed E-state index contributed by atoms with van der Waals surface area (Å²) in [6, 6.07) is 8.10. The highest BCUT2D eigenvalue weighted by molar-refractivity contribution is 5.53. The van der Waals surface area contributed by atoms with Crippen molar-refractivity contribution in [1.82, 2.24) is 9.78 Å². The number of hydrogen-bond acceptors (Lipinski definition) is 4. The third kappa shape index (κ3) is 3.44. The van der Waals surface area contributed by atoms with Crippen molar-refractivity contribution in [2.24, 2.45) is 0 Å². The number of anilines is 1. The minimum Gasteiger partial charge on any atom is -0.497 e. The number of nitrogens with one attached hydrogen (secondary N) is 1. The summed E-state index contributed by atoms with van der Waals surface area (Å²) in [6.45, 7) is 4.88. The van der Waals surface area contributed by atoms with Crippen molar-refractivity contribution in [1.29, 1.82) is 0 Å². The molecule has 0 amide bonds. The molecule has 1 aromatic carbocycles. The van der Waals surface area contributed by atoms with Crippen LogP contribution >= 0.6 is 0 Å². The van der Waals surface area contributed by atoms with Crippen molar-refractivity contribution in [2.75, 3.05) is 19.5 Å². The van der Waals surface area contributed by atoms with Gasteiger partial charge in [0.25, 0.3) is 0 Å². The summed E-state index contributed by atoms with van der Waals surface area (Å²) in [5, 5.41) is 7.83. The van der Waals surface area contributed by atoms with E-state index >= 15 is 0 Å². The monoisotopic (exact) mass is 275 g/mol. The molecule has 0 atom stereocenters. The number of ether oxygens (including phenoxy) is 2. The van der Waals surface area contributed by atoms with Crippen LogP contribution < -0.4 is 14.8 Å². The highest BCUT2D eigenvalue weighted by atomic mass is 16.5. The summed E-state index contributed by atoms with van der Waals surface area (Å²) >= 11 is 0. The summed E-state index contributed by atoms with van der Waals surface area (Å²) in [5.74, 6) is 1.53. The molecule has 0 aliphatic carbocycles. The van der Waals surface area contributed by atoms with Crippen LogP contribution in [0.3, 0.4) is 0 Å². The number of rotatable bonds is 6. The fourth-order valence-corrected chi connectivity index (χ4v) is 1.86. The lowest BCUT2D eigenvalue weighted by Crippen LogP contribution is -2.05. The van der Waals surface area contributed by atoms with Gasteiger partial charge in [-0.25, -0.2) is 0 Å². The summed E-state index contributed by atoms with van der Waals surface area (Å²) in [6.07, 6.45) is 1.99. The van der Waals surface area contributed by atoms with Gasteiger partial charge in [-0.15, -0.1) is 0 Å². The second-order valence-corrected chi connectivity index (χ2v) is 4.84. The van der Waals surface area contributed by atoms with E-state index in [1.807, 2.05) is 35.1 Å². The zero-order chi connectivity index (χ0) is 14.5. The molecule has 1 heterocycles. The molecule has 0 saturated heterocycles. The maximum atomic E-state index is 5.25. The van der Waals surface area contributed by atoms with Gasteiger partial charge in [0, 0.05) is 36.1 Å². The molecule has 20 heavy (non-hydrogen) atoms. The van der Waals surface area contributed by atoms with Crippen LogP contribution in [0, 0.1) is 0 Å². The average Bonchev–Trinajstić information content (AvgIpc) is 2.93. The number of aromatic nitrogens is 2. The number of benzene rings is 1. The number of methoxy groups -OCH3 is 2. The third-order valence-electron chi connectivity index (χ3n) is 3.02. The van der Waals surface area contributed by atoms with Gasteiger partial charge in [-0.3, -0.25) is 4.68 Å². The largest absolute Gasteiger partial charge is 0.497 e. The topological polar surface area (TPSA) is 48.3 Å². The van der Waals surface area contributed by atoms with Crippen molar-refractivity contribution < 1.29 is 9.47 Å². The highest BCUT2D eigenvalue weighted by Crippen LogP contribution is 2.26. The van der Waals surface area contributed by atoms with Crippen LogP contribution in [0.5, 0.6) is 11.5 Å². The van der Waals surface area contributed by atoms with E-state index < -0.39 is 0 Å². The maximum Gasteiger partial charge on any atom is 0.124 e. The average molecular weight is 275 g/mol. The van der Waals surface area contributed by atoms with Gasteiger partial charge in [-0.05, 0) is 19.9 Å². The molecule has 2 rings (SSSR count). The van der Waals surface area contributed by atoms with Crippen LogP contribution in [0.2, 0.25) is 0 Å². The zero-order valence-corrected chi connectivity index (χ0v) is 12.4. The van der Waals surface area contributed by atoms with Crippen molar-refractivity contribution in [2.45, 2.75) is 26.4 Å². The van der Waals surface area contributed by atoms with Crippen LogP contribution in [-0.4, -0.2) is 24.0 Å². The Morgan fingerprint density at radius 1 is 1.15 bits per heavy atom. The summed E-state index contributed by atoms with van der Waals surface area (Å²) < 4.78 is 12.4. The van der Waals surface area contributed by atoms with E-state index in [0.717, 1.165) is 22.9 Å². The van der Waals surface area contributed by atoms with Gasteiger partial charge in [0.2, 0.25) is 0 Å². The number of hydrogen-bond donors (Lipinski definition) is 1. The molecule has 108 valence electrons. The Labute approximate surface area is 119 Å². The van der Waals surface area contributed by atoms with Gasteiger partial charge < -0.3 is 14.8 Å². The van der Waals surface area contributed by atoms with Crippen molar-refractivity contribution >= 4 is 5.69 Å². The SMILES string of the molecule is COc1cc(NCc2ccn(C(C)C)n2)cc(OC)c1. The second kappa shape index (κ2) is 6.32. The van der Waals surface area contributed by atoms with Crippen LogP contribution in [0.4, 0.5) is 5.69 Å². The predicted octanol–water partition coefficient (Wildman–Crippen LogP) is 3.09. The molecule has 0 radical (unpaired) electrons. The molecular formula is C15H21N3O2. The van der Waals surface area contributed by atoms with E-state index in [0.29, 0.717) is 12.6 Å². The molecule has 0 unspecified atom stereocenters. The first-order valence-corrected chi connectivity index (χ1v) is 6.63. The molecular weight excluding hydrogens is 254 g/mol. The first kappa shape index (κ1) is 14.2. The van der Waals surface area contributed by atoms with Gasteiger partial charge in [-0.2, -0.15) is 5.10 Å². The van der Waals surface area contributed by atoms with Gasteiger partial charge in [0.1, 0.15) is 11.5 Å². The van der Waals surface area contributed by atoms with Crippen LogP contribution in [0.25, 0.3) is 0 Å². The molecule has 0 fully saturated rings. The molecule has 0 bridgehead atoms. The van der Waals surface area contributed by atoms with E-state index in [2.05, 4.69) is 24.3 Å². The molecule has 0 saturated carbocycles. The van der Waals surface area contributed by atoms with Crippen LogP contribution in [0.1, 0.15) is 25.6 Å². The Bertz CT molecular complexity index is 542. The van der Waals surface area contributed by atoms with E-state index in [9.17, 15) is 0 Å². The molecule has 5 nitrogen and oxygen atoms in total. The van der Waals surface area contributed by atoms with Gasteiger partial charge in [0.15, 0.2) is 0 Å².